The molecule has 1 saturated heterocycles. The molecule has 0 bridgehead atoms. The SMILES string of the molecule is O=C(NCCc1ccccc1)C1CC1C(=O)N1CCCCC1. The van der Waals surface area contributed by atoms with Crippen molar-refractivity contribution in [1.29, 1.82) is 0 Å². The summed E-state index contributed by atoms with van der Waals surface area (Å²) >= 11 is 0. The number of hydrogen-bond acceptors (Lipinski definition) is 2. The molecule has 118 valence electrons. The van der Waals surface area contributed by atoms with Gasteiger partial charge in [0.1, 0.15) is 0 Å². The molecule has 4 nitrogen and oxygen atoms in total. The summed E-state index contributed by atoms with van der Waals surface area (Å²) in [4.78, 5) is 26.4. The number of nitrogens with zero attached hydrogens (tertiary/aromatic N) is 1. The fourth-order valence-corrected chi connectivity index (χ4v) is 3.21. The van der Waals surface area contributed by atoms with Crippen LogP contribution in [-0.2, 0) is 16.0 Å². The summed E-state index contributed by atoms with van der Waals surface area (Å²) in [6.45, 7) is 2.39. The van der Waals surface area contributed by atoms with Crippen molar-refractivity contribution >= 4 is 11.8 Å². The van der Waals surface area contributed by atoms with Crippen molar-refractivity contribution in [3.8, 4) is 0 Å². The summed E-state index contributed by atoms with van der Waals surface area (Å²) in [7, 11) is 0. The lowest BCUT2D eigenvalue weighted by Gasteiger charge is -2.26. The van der Waals surface area contributed by atoms with Gasteiger partial charge < -0.3 is 10.2 Å². The van der Waals surface area contributed by atoms with Gasteiger partial charge in [0, 0.05) is 19.6 Å². The van der Waals surface area contributed by atoms with Crippen LogP contribution in [0.15, 0.2) is 30.3 Å². The van der Waals surface area contributed by atoms with E-state index in [1.807, 2.05) is 23.1 Å². The molecule has 1 aromatic rings. The van der Waals surface area contributed by atoms with Crippen molar-refractivity contribution in [1.82, 2.24) is 10.2 Å². The van der Waals surface area contributed by atoms with Gasteiger partial charge in [0.2, 0.25) is 11.8 Å². The monoisotopic (exact) mass is 300 g/mol. The highest BCUT2D eigenvalue weighted by molar-refractivity contribution is 5.92. The Morgan fingerprint density at radius 1 is 1.05 bits per heavy atom. The second-order valence-corrected chi connectivity index (χ2v) is 6.36. The van der Waals surface area contributed by atoms with Gasteiger partial charge in [-0.1, -0.05) is 30.3 Å². The van der Waals surface area contributed by atoms with Gasteiger partial charge >= 0.3 is 0 Å². The minimum atomic E-state index is -0.0924. The Balaban J connectivity index is 1.40. The number of nitrogens with one attached hydrogen (secondary N) is 1. The molecular formula is C18H24N2O2. The minimum Gasteiger partial charge on any atom is -0.356 e. The molecule has 4 heteroatoms. The van der Waals surface area contributed by atoms with Crippen molar-refractivity contribution in [3.63, 3.8) is 0 Å². The van der Waals surface area contributed by atoms with E-state index in [1.54, 1.807) is 0 Å². The summed E-state index contributed by atoms with van der Waals surface area (Å²) < 4.78 is 0. The molecule has 1 heterocycles. The lowest BCUT2D eigenvalue weighted by Crippen LogP contribution is -2.38. The molecule has 2 amide bonds. The summed E-state index contributed by atoms with van der Waals surface area (Å²) in [5, 5.41) is 2.97. The first-order chi connectivity index (χ1) is 10.8. The van der Waals surface area contributed by atoms with Crippen LogP contribution in [0.5, 0.6) is 0 Å². The average molecular weight is 300 g/mol. The zero-order chi connectivity index (χ0) is 15.4. The van der Waals surface area contributed by atoms with Gasteiger partial charge in [0.05, 0.1) is 11.8 Å². The van der Waals surface area contributed by atoms with Crippen molar-refractivity contribution in [2.75, 3.05) is 19.6 Å². The maximum absolute atomic E-state index is 12.3. The van der Waals surface area contributed by atoms with Gasteiger partial charge in [-0.2, -0.15) is 0 Å². The molecule has 1 aromatic carbocycles. The number of rotatable bonds is 5. The third-order valence-corrected chi connectivity index (χ3v) is 4.67. The molecule has 2 fully saturated rings. The summed E-state index contributed by atoms with van der Waals surface area (Å²) in [5.41, 5.74) is 1.22. The first-order valence-corrected chi connectivity index (χ1v) is 8.36. The standard InChI is InChI=1S/C18H24N2O2/c21-17(19-10-9-14-7-3-1-4-8-14)15-13-16(15)18(22)20-11-5-2-6-12-20/h1,3-4,7-8,15-16H,2,5-6,9-13H2,(H,19,21). The number of piperidine rings is 1. The van der Waals surface area contributed by atoms with Crippen LogP contribution in [0.2, 0.25) is 0 Å². The number of carbonyl (C=O) groups is 2. The van der Waals surface area contributed by atoms with Crippen LogP contribution in [-0.4, -0.2) is 36.3 Å². The van der Waals surface area contributed by atoms with E-state index in [1.165, 1.54) is 12.0 Å². The van der Waals surface area contributed by atoms with Gasteiger partial charge in [-0.15, -0.1) is 0 Å². The zero-order valence-corrected chi connectivity index (χ0v) is 13.0. The molecule has 3 rings (SSSR count). The molecule has 22 heavy (non-hydrogen) atoms. The molecule has 2 aliphatic rings. The van der Waals surface area contributed by atoms with Gasteiger partial charge in [-0.3, -0.25) is 9.59 Å². The number of amides is 2. The third kappa shape index (κ3) is 3.67. The van der Waals surface area contributed by atoms with Crippen LogP contribution in [0.1, 0.15) is 31.2 Å². The number of benzene rings is 1. The lowest BCUT2D eigenvalue weighted by atomic mass is 10.1. The van der Waals surface area contributed by atoms with E-state index < -0.39 is 0 Å². The van der Waals surface area contributed by atoms with Crippen LogP contribution in [0.3, 0.4) is 0 Å². The topological polar surface area (TPSA) is 49.4 Å². The molecule has 0 spiro atoms. The Hall–Kier alpha value is -1.84. The molecule has 1 saturated carbocycles. The van der Waals surface area contributed by atoms with E-state index in [0.717, 1.165) is 38.8 Å². The first-order valence-electron chi connectivity index (χ1n) is 8.36. The maximum atomic E-state index is 12.3. The average Bonchev–Trinajstić information content (AvgIpc) is 3.37. The highest BCUT2D eigenvalue weighted by Gasteiger charge is 2.49. The van der Waals surface area contributed by atoms with E-state index in [9.17, 15) is 9.59 Å². The summed E-state index contributed by atoms with van der Waals surface area (Å²) in [6.07, 6.45) is 4.99. The summed E-state index contributed by atoms with van der Waals surface area (Å²) in [6, 6.07) is 10.1. The molecule has 1 N–H and O–H groups in total. The fraction of sp³-hybridized carbons (Fsp3) is 0.556. The lowest BCUT2D eigenvalue weighted by molar-refractivity contribution is -0.135. The molecule has 2 unspecified atom stereocenters. The van der Waals surface area contributed by atoms with Crippen molar-refractivity contribution in [2.24, 2.45) is 11.8 Å². The van der Waals surface area contributed by atoms with Crippen LogP contribution < -0.4 is 5.32 Å². The molecule has 0 radical (unpaired) electrons. The van der Waals surface area contributed by atoms with Crippen molar-refractivity contribution in [2.45, 2.75) is 32.1 Å². The van der Waals surface area contributed by atoms with E-state index in [2.05, 4.69) is 17.4 Å². The van der Waals surface area contributed by atoms with Gasteiger partial charge in [0.25, 0.3) is 0 Å². The number of carbonyl (C=O) groups excluding carboxylic acids is 2. The molecule has 1 aliphatic carbocycles. The second kappa shape index (κ2) is 6.95. The Morgan fingerprint density at radius 3 is 2.50 bits per heavy atom. The molecule has 2 atom stereocenters. The van der Waals surface area contributed by atoms with Crippen LogP contribution in [0.4, 0.5) is 0 Å². The molecule has 0 aromatic heterocycles. The van der Waals surface area contributed by atoms with E-state index in [0.29, 0.717) is 6.54 Å². The quantitative estimate of drug-likeness (QED) is 0.904. The maximum Gasteiger partial charge on any atom is 0.226 e. The van der Waals surface area contributed by atoms with Crippen LogP contribution in [0, 0.1) is 11.8 Å². The van der Waals surface area contributed by atoms with Gasteiger partial charge in [-0.05, 0) is 37.7 Å². The largest absolute Gasteiger partial charge is 0.356 e. The first kappa shape index (κ1) is 15.1. The van der Waals surface area contributed by atoms with Crippen LogP contribution >= 0.6 is 0 Å². The summed E-state index contributed by atoms with van der Waals surface area (Å²) in [5.74, 6) is 0.0919. The predicted molar refractivity (Wildman–Crippen MR) is 85.2 cm³/mol. The Bertz CT molecular complexity index is 523. The normalized spacial score (nSPS) is 23.9. The van der Waals surface area contributed by atoms with Crippen molar-refractivity contribution in [3.05, 3.63) is 35.9 Å². The predicted octanol–water partition coefficient (Wildman–Crippen LogP) is 1.99. The Kier molecular flexibility index (Phi) is 4.76. The molecule has 1 aliphatic heterocycles. The van der Waals surface area contributed by atoms with Crippen LogP contribution in [0.25, 0.3) is 0 Å². The minimum absolute atomic E-state index is 0.0475. The number of likely N-dealkylation sites (tertiary alicyclic amines) is 1. The van der Waals surface area contributed by atoms with E-state index in [4.69, 9.17) is 0 Å². The smallest absolute Gasteiger partial charge is 0.226 e. The van der Waals surface area contributed by atoms with Crippen molar-refractivity contribution < 1.29 is 9.59 Å². The Labute approximate surface area is 131 Å². The third-order valence-electron chi connectivity index (χ3n) is 4.67. The highest BCUT2D eigenvalue weighted by atomic mass is 16.2. The molecular weight excluding hydrogens is 276 g/mol. The Morgan fingerprint density at radius 2 is 1.77 bits per heavy atom. The fourth-order valence-electron chi connectivity index (χ4n) is 3.21. The zero-order valence-electron chi connectivity index (χ0n) is 13.0. The van der Waals surface area contributed by atoms with E-state index in [-0.39, 0.29) is 23.7 Å². The highest BCUT2D eigenvalue weighted by Crippen LogP contribution is 2.40. The number of hydrogen-bond donors (Lipinski definition) is 1. The van der Waals surface area contributed by atoms with Gasteiger partial charge in [0.15, 0.2) is 0 Å². The van der Waals surface area contributed by atoms with E-state index >= 15 is 0 Å². The second-order valence-electron chi connectivity index (χ2n) is 6.36. The van der Waals surface area contributed by atoms with Gasteiger partial charge in [-0.25, -0.2) is 0 Å².